The molecular weight excluding hydrogens is 489 g/mol. The Balaban J connectivity index is 1.51. The first kappa shape index (κ1) is 24.8. The van der Waals surface area contributed by atoms with E-state index in [-0.39, 0.29) is 0 Å². The lowest BCUT2D eigenvalue weighted by molar-refractivity contribution is 1.54. The van der Waals surface area contributed by atoms with Gasteiger partial charge in [-0.05, 0) is 67.8 Å². The fraction of sp³-hybridized carbons (Fsp3) is 0.167. The second-order valence-corrected chi connectivity index (χ2v) is 22.8. The maximum absolute atomic E-state index is 2.42. The Hall–Kier alpha value is -3.47. The van der Waals surface area contributed by atoms with Gasteiger partial charge in [-0.1, -0.05) is 147 Å². The van der Waals surface area contributed by atoms with Crippen LogP contribution in [0.2, 0.25) is 39.3 Å². The van der Waals surface area contributed by atoms with Crippen molar-refractivity contribution in [2.24, 2.45) is 0 Å². The van der Waals surface area contributed by atoms with E-state index in [9.17, 15) is 0 Å². The van der Waals surface area contributed by atoms with Crippen molar-refractivity contribution in [1.82, 2.24) is 0 Å². The first-order chi connectivity index (χ1) is 18.1. The number of rotatable bonds is 4. The molecule has 6 rings (SSSR count). The van der Waals surface area contributed by atoms with Crippen LogP contribution in [0.4, 0.5) is 0 Å². The first-order valence-corrected chi connectivity index (χ1v) is 20.7. The van der Waals surface area contributed by atoms with Crippen molar-refractivity contribution in [3.63, 3.8) is 0 Å². The number of hydrogen-bond donors (Lipinski definition) is 0. The van der Waals surface area contributed by atoms with Crippen molar-refractivity contribution in [1.29, 1.82) is 0 Å². The quantitative estimate of drug-likeness (QED) is 0.235. The van der Waals surface area contributed by atoms with E-state index in [1.54, 1.807) is 0 Å². The van der Waals surface area contributed by atoms with Crippen LogP contribution in [0.5, 0.6) is 0 Å². The van der Waals surface area contributed by atoms with Gasteiger partial charge in [0.05, 0.1) is 16.1 Å². The van der Waals surface area contributed by atoms with E-state index in [2.05, 4.69) is 148 Å². The van der Waals surface area contributed by atoms with Crippen molar-refractivity contribution in [2.75, 3.05) is 0 Å². The summed E-state index contributed by atoms with van der Waals surface area (Å²) in [7, 11) is -2.66. The number of hydrogen-bond acceptors (Lipinski definition) is 0. The SMILES string of the molecule is C[Si](C)(C)c1ccc(C2=C/C(=C3/C=C(c4ccc([Si](C)(C)C)cc4)c4ccccc43)c3ccccc32)cc1. The molecular formula is C36H36Si2. The van der Waals surface area contributed by atoms with Gasteiger partial charge in [-0.15, -0.1) is 0 Å². The average Bonchev–Trinajstić information content (AvgIpc) is 3.47. The molecule has 2 aliphatic carbocycles. The molecule has 0 saturated carbocycles. The third-order valence-electron chi connectivity index (χ3n) is 8.01. The second kappa shape index (κ2) is 9.08. The molecule has 0 radical (unpaired) electrons. The maximum Gasteiger partial charge on any atom is 0.0775 e. The Morgan fingerprint density at radius 3 is 1.00 bits per heavy atom. The molecule has 0 unspecified atom stereocenters. The molecule has 2 heteroatoms. The highest BCUT2D eigenvalue weighted by Gasteiger charge is 2.27. The summed E-state index contributed by atoms with van der Waals surface area (Å²) in [5, 5.41) is 3.01. The molecule has 188 valence electrons. The molecule has 0 aromatic heterocycles. The number of fused-ring (bicyclic) bond motifs is 2. The van der Waals surface area contributed by atoms with Crippen molar-refractivity contribution in [3.8, 4) is 0 Å². The van der Waals surface area contributed by atoms with Gasteiger partial charge < -0.3 is 0 Å². The minimum Gasteiger partial charge on any atom is -0.0656 e. The molecule has 0 bridgehead atoms. The number of benzene rings is 4. The van der Waals surface area contributed by atoms with E-state index < -0.39 is 16.1 Å². The van der Waals surface area contributed by atoms with E-state index in [1.807, 2.05) is 0 Å². The summed E-state index contributed by atoms with van der Waals surface area (Å²) in [6.07, 6.45) is 4.85. The summed E-state index contributed by atoms with van der Waals surface area (Å²) in [6.45, 7) is 14.5. The van der Waals surface area contributed by atoms with Crippen LogP contribution in [0, 0.1) is 0 Å². The van der Waals surface area contributed by atoms with E-state index in [0.29, 0.717) is 0 Å². The maximum atomic E-state index is 2.42. The third-order valence-corrected chi connectivity index (χ3v) is 12.1. The second-order valence-electron chi connectivity index (χ2n) is 12.7. The van der Waals surface area contributed by atoms with Crippen LogP contribution >= 0.6 is 0 Å². The molecule has 0 atom stereocenters. The van der Waals surface area contributed by atoms with Gasteiger partial charge in [-0.3, -0.25) is 0 Å². The Labute approximate surface area is 230 Å². The largest absolute Gasteiger partial charge is 0.0775 e. The van der Waals surface area contributed by atoms with E-state index in [4.69, 9.17) is 0 Å². The highest BCUT2D eigenvalue weighted by atomic mass is 28.3. The standard InChI is InChI=1S/C36H36Si2/c1-37(2,3)27-19-15-25(16-20-27)33-23-35(31-13-9-7-11-29(31)33)36-24-34(30-12-8-10-14-32(30)36)26-17-21-28(22-18-26)38(4,5)6/h7-24H,1-6H3/b36-35+. The zero-order valence-corrected chi connectivity index (χ0v) is 25.4. The van der Waals surface area contributed by atoms with Crippen LogP contribution in [-0.2, 0) is 0 Å². The van der Waals surface area contributed by atoms with Crippen molar-refractivity contribution < 1.29 is 0 Å². The Bertz CT molecular complexity index is 1510. The zero-order valence-electron chi connectivity index (χ0n) is 23.4. The van der Waals surface area contributed by atoms with Gasteiger partial charge in [0.1, 0.15) is 0 Å². The topological polar surface area (TPSA) is 0 Å². The minimum absolute atomic E-state index is 1.30. The van der Waals surface area contributed by atoms with Gasteiger partial charge in [-0.2, -0.15) is 0 Å². The smallest absolute Gasteiger partial charge is 0.0656 e. The van der Waals surface area contributed by atoms with E-state index in [0.717, 1.165) is 0 Å². The highest BCUT2D eigenvalue weighted by molar-refractivity contribution is 6.89. The van der Waals surface area contributed by atoms with Crippen LogP contribution in [0.15, 0.2) is 109 Å². The van der Waals surface area contributed by atoms with Gasteiger partial charge in [0.15, 0.2) is 0 Å². The van der Waals surface area contributed by atoms with Crippen LogP contribution in [-0.4, -0.2) is 16.1 Å². The Morgan fingerprint density at radius 2 is 0.684 bits per heavy atom. The summed E-state index contributed by atoms with van der Waals surface area (Å²) < 4.78 is 0. The molecule has 4 aromatic carbocycles. The lowest BCUT2D eigenvalue weighted by Gasteiger charge is -2.17. The molecule has 38 heavy (non-hydrogen) atoms. The monoisotopic (exact) mass is 524 g/mol. The van der Waals surface area contributed by atoms with Crippen molar-refractivity contribution in [2.45, 2.75) is 39.3 Å². The Kier molecular flexibility index (Phi) is 5.93. The van der Waals surface area contributed by atoms with Gasteiger partial charge in [0, 0.05) is 0 Å². The first-order valence-electron chi connectivity index (χ1n) is 13.7. The lowest BCUT2D eigenvalue weighted by Crippen LogP contribution is -2.37. The van der Waals surface area contributed by atoms with Crippen LogP contribution in [0.3, 0.4) is 0 Å². The van der Waals surface area contributed by atoms with E-state index >= 15 is 0 Å². The molecule has 0 nitrogen and oxygen atoms in total. The number of allylic oxidation sites excluding steroid dienone is 4. The van der Waals surface area contributed by atoms with Gasteiger partial charge in [0.25, 0.3) is 0 Å². The molecule has 0 spiro atoms. The predicted octanol–water partition coefficient (Wildman–Crippen LogP) is 8.58. The van der Waals surface area contributed by atoms with Crippen LogP contribution in [0.25, 0.3) is 22.3 Å². The fourth-order valence-electron chi connectivity index (χ4n) is 5.73. The van der Waals surface area contributed by atoms with Gasteiger partial charge >= 0.3 is 0 Å². The van der Waals surface area contributed by atoms with Crippen molar-refractivity contribution >= 4 is 48.8 Å². The normalized spacial score (nSPS) is 16.7. The summed E-state index contributed by atoms with van der Waals surface area (Å²) in [5.41, 5.74) is 13.2. The van der Waals surface area contributed by atoms with E-state index in [1.165, 1.54) is 66.0 Å². The minimum atomic E-state index is -1.33. The molecule has 0 heterocycles. The van der Waals surface area contributed by atoms with Crippen LogP contribution < -0.4 is 10.4 Å². The molecule has 0 N–H and O–H groups in total. The van der Waals surface area contributed by atoms with Gasteiger partial charge in [-0.25, -0.2) is 0 Å². The fourth-order valence-corrected chi connectivity index (χ4v) is 8.06. The molecule has 0 amide bonds. The highest BCUT2D eigenvalue weighted by Crippen LogP contribution is 2.47. The molecule has 0 aliphatic heterocycles. The lowest BCUT2D eigenvalue weighted by atomic mass is 9.96. The molecule has 4 aromatic rings. The van der Waals surface area contributed by atoms with Crippen molar-refractivity contribution in [3.05, 3.63) is 143 Å². The van der Waals surface area contributed by atoms with Gasteiger partial charge in [0.2, 0.25) is 0 Å². The summed E-state index contributed by atoms with van der Waals surface area (Å²) >= 11 is 0. The summed E-state index contributed by atoms with van der Waals surface area (Å²) in [6, 6.07) is 36.5. The predicted molar refractivity (Wildman–Crippen MR) is 173 cm³/mol. The molecule has 0 fully saturated rings. The molecule has 2 aliphatic rings. The average molecular weight is 525 g/mol. The molecule has 0 saturated heterocycles. The van der Waals surface area contributed by atoms with Crippen LogP contribution in [0.1, 0.15) is 33.4 Å². The Morgan fingerprint density at radius 1 is 0.368 bits per heavy atom. The zero-order chi connectivity index (χ0) is 26.7. The third kappa shape index (κ3) is 4.32. The summed E-state index contributed by atoms with van der Waals surface area (Å²) in [4.78, 5) is 0. The summed E-state index contributed by atoms with van der Waals surface area (Å²) in [5.74, 6) is 0.